The van der Waals surface area contributed by atoms with Gasteiger partial charge in [0.1, 0.15) is 11.5 Å². The maximum absolute atomic E-state index is 12.9. The number of nitrogen functional groups attached to an aromatic ring is 1. The Morgan fingerprint density at radius 3 is 2.52 bits per heavy atom. The average molecular weight is 361 g/mol. The fraction of sp³-hybridized carbons (Fsp3) is 0.235. The van der Waals surface area contributed by atoms with Crippen molar-refractivity contribution >= 4 is 26.7 Å². The van der Waals surface area contributed by atoms with Crippen LogP contribution in [0.5, 0.6) is 11.5 Å². The lowest BCUT2D eigenvalue weighted by Crippen LogP contribution is -2.23. The summed E-state index contributed by atoms with van der Waals surface area (Å²) in [5.74, 6) is 0.749. The first kappa shape index (κ1) is 17.1. The zero-order valence-electron chi connectivity index (χ0n) is 14.1. The van der Waals surface area contributed by atoms with E-state index in [1.807, 2.05) is 0 Å². The van der Waals surface area contributed by atoms with Gasteiger partial charge in [-0.25, -0.2) is 17.4 Å². The van der Waals surface area contributed by atoms with Crippen molar-refractivity contribution in [3.05, 3.63) is 36.4 Å². The maximum atomic E-state index is 12.9. The number of phenolic OH excluding ortho intramolecular Hbond substituents is 1. The summed E-state index contributed by atoms with van der Waals surface area (Å²) in [5, 5.41) is 8.99. The second kappa shape index (κ2) is 5.96. The molecule has 2 aromatic carbocycles. The van der Waals surface area contributed by atoms with Gasteiger partial charge in [0.05, 0.1) is 29.1 Å². The van der Waals surface area contributed by atoms with Crippen LogP contribution in [-0.4, -0.2) is 34.8 Å². The molecule has 8 heteroatoms. The monoisotopic (exact) mass is 361 g/mol. The minimum atomic E-state index is -3.67. The molecule has 0 aliphatic heterocycles. The molecule has 0 spiro atoms. The normalized spacial score (nSPS) is 12.0. The highest BCUT2D eigenvalue weighted by molar-refractivity contribution is 7.90. The number of aromatic hydroxyl groups is 1. The van der Waals surface area contributed by atoms with E-state index in [4.69, 9.17) is 10.5 Å². The number of rotatable bonds is 4. The number of fused-ring (bicyclic) bond motifs is 1. The molecular formula is C17H19N3O4S. The molecule has 0 fully saturated rings. The van der Waals surface area contributed by atoms with Crippen LogP contribution in [0.4, 0.5) is 5.69 Å². The third kappa shape index (κ3) is 2.78. The number of methoxy groups -OCH3 is 1. The van der Waals surface area contributed by atoms with Gasteiger partial charge in [0.2, 0.25) is 10.0 Å². The lowest BCUT2D eigenvalue weighted by Gasteiger charge is -2.13. The Labute approximate surface area is 145 Å². The predicted octanol–water partition coefficient (Wildman–Crippen LogP) is 2.59. The number of ether oxygens (including phenoxy) is 1. The minimum Gasteiger partial charge on any atom is -0.506 e. The van der Waals surface area contributed by atoms with Crippen molar-refractivity contribution in [1.29, 1.82) is 0 Å². The second-order valence-electron chi connectivity index (χ2n) is 5.92. The molecule has 0 radical (unpaired) electrons. The Balaban J connectivity index is 2.38. The number of nitrogens with zero attached hydrogens (tertiary/aromatic N) is 2. The number of benzene rings is 2. The van der Waals surface area contributed by atoms with E-state index in [2.05, 4.69) is 4.98 Å². The fourth-order valence-electron chi connectivity index (χ4n) is 2.51. The van der Waals surface area contributed by atoms with Gasteiger partial charge in [0, 0.05) is 11.6 Å². The fourth-order valence-corrected chi connectivity index (χ4v) is 3.75. The van der Waals surface area contributed by atoms with Crippen molar-refractivity contribution in [2.45, 2.75) is 19.1 Å². The van der Waals surface area contributed by atoms with E-state index in [-0.39, 0.29) is 17.3 Å². The van der Waals surface area contributed by atoms with Gasteiger partial charge in [-0.2, -0.15) is 0 Å². The average Bonchev–Trinajstić information content (AvgIpc) is 2.96. The summed E-state index contributed by atoms with van der Waals surface area (Å²) in [6.07, 6.45) is 0. The van der Waals surface area contributed by atoms with Crippen molar-refractivity contribution in [1.82, 2.24) is 8.96 Å². The summed E-state index contributed by atoms with van der Waals surface area (Å²) >= 11 is 0. The molecule has 0 aliphatic rings. The Hall–Kier alpha value is -2.74. The topological polar surface area (TPSA) is 107 Å². The van der Waals surface area contributed by atoms with E-state index in [1.165, 1.54) is 23.2 Å². The number of anilines is 1. The molecule has 0 saturated carbocycles. The third-order valence-electron chi connectivity index (χ3n) is 3.96. The molecule has 0 unspecified atom stereocenters. The van der Waals surface area contributed by atoms with Crippen LogP contribution in [-0.2, 0) is 10.0 Å². The smallest absolute Gasteiger partial charge is 0.243 e. The van der Waals surface area contributed by atoms with E-state index in [0.29, 0.717) is 22.3 Å². The molecular weight excluding hydrogens is 342 g/mol. The summed E-state index contributed by atoms with van der Waals surface area (Å²) in [6, 6.07) is 9.52. The van der Waals surface area contributed by atoms with Crippen LogP contribution < -0.4 is 10.5 Å². The Morgan fingerprint density at radius 2 is 1.92 bits per heavy atom. The van der Waals surface area contributed by atoms with Gasteiger partial charge in [0.25, 0.3) is 0 Å². The van der Waals surface area contributed by atoms with E-state index in [0.717, 1.165) is 0 Å². The number of phenols is 1. The van der Waals surface area contributed by atoms with Gasteiger partial charge < -0.3 is 15.6 Å². The van der Waals surface area contributed by atoms with Crippen LogP contribution in [0, 0.1) is 0 Å². The Morgan fingerprint density at radius 1 is 1.20 bits per heavy atom. The van der Waals surface area contributed by atoms with Crippen LogP contribution >= 0.6 is 0 Å². The molecule has 1 aromatic heterocycles. The van der Waals surface area contributed by atoms with Crippen LogP contribution in [0.2, 0.25) is 0 Å². The van der Waals surface area contributed by atoms with Gasteiger partial charge in [-0.1, -0.05) is 0 Å². The molecule has 7 nitrogen and oxygen atoms in total. The summed E-state index contributed by atoms with van der Waals surface area (Å²) < 4.78 is 32.3. The molecule has 1 heterocycles. The van der Waals surface area contributed by atoms with Crippen molar-refractivity contribution in [3.8, 4) is 22.9 Å². The van der Waals surface area contributed by atoms with Crippen molar-refractivity contribution in [2.75, 3.05) is 12.8 Å². The van der Waals surface area contributed by atoms with Crippen molar-refractivity contribution in [2.24, 2.45) is 0 Å². The molecule has 0 bridgehead atoms. The SMILES string of the molecule is COc1ccc2c(c1)nc(-c1ccc(O)c(N)c1)n2S(=O)(=O)C(C)C. The lowest BCUT2D eigenvalue weighted by molar-refractivity contribution is 0.415. The lowest BCUT2D eigenvalue weighted by atomic mass is 10.2. The molecule has 3 rings (SSSR count). The molecule has 3 N–H and O–H groups in total. The minimum absolute atomic E-state index is 0.0696. The van der Waals surface area contributed by atoms with Crippen LogP contribution in [0.15, 0.2) is 36.4 Å². The number of nitrogens with two attached hydrogens (primary N) is 1. The van der Waals surface area contributed by atoms with Gasteiger partial charge in [-0.15, -0.1) is 0 Å². The van der Waals surface area contributed by atoms with E-state index in [9.17, 15) is 13.5 Å². The number of aromatic nitrogens is 2. The summed E-state index contributed by atoms with van der Waals surface area (Å²) in [7, 11) is -2.14. The van der Waals surface area contributed by atoms with Crippen LogP contribution in [0.3, 0.4) is 0 Å². The van der Waals surface area contributed by atoms with Gasteiger partial charge in [0.15, 0.2) is 5.82 Å². The highest BCUT2D eigenvalue weighted by Crippen LogP contribution is 2.32. The number of imidazole rings is 1. The molecule has 0 amide bonds. The molecule has 0 saturated heterocycles. The van der Waals surface area contributed by atoms with Gasteiger partial charge >= 0.3 is 0 Å². The third-order valence-corrected chi connectivity index (χ3v) is 6.03. The van der Waals surface area contributed by atoms with E-state index >= 15 is 0 Å². The van der Waals surface area contributed by atoms with Crippen LogP contribution in [0.25, 0.3) is 22.4 Å². The predicted molar refractivity (Wildman–Crippen MR) is 97.3 cm³/mol. The standard InChI is InChI=1S/C17H19N3O4S/c1-10(2)25(22,23)20-15-6-5-12(24-3)9-14(15)19-17(20)11-4-7-16(21)13(18)8-11/h4-10,21H,18H2,1-3H3. The zero-order chi connectivity index (χ0) is 18.4. The highest BCUT2D eigenvalue weighted by Gasteiger charge is 2.26. The first-order chi connectivity index (χ1) is 11.8. The van der Waals surface area contributed by atoms with Crippen molar-refractivity contribution < 1.29 is 18.3 Å². The molecule has 3 aromatic rings. The molecule has 132 valence electrons. The second-order valence-corrected chi connectivity index (χ2v) is 8.26. The van der Waals surface area contributed by atoms with E-state index < -0.39 is 15.3 Å². The molecule has 0 aliphatic carbocycles. The van der Waals surface area contributed by atoms with E-state index in [1.54, 1.807) is 38.1 Å². The summed E-state index contributed by atoms with van der Waals surface area (Å²) in [6.45, 7) is 3.22. The van der Waals surface area contributed by atoms with Gasteiger partial charge in [-0.05, 0) is 44.2 Å². The number of hydrogen-bond acceptors (Lipinski definition) is 6. The first-order valence-electron chi connectivity index (χ1n) is 7.65. The van der Waals surface area contributed by atoms with Crippen molar-refractivity contribution in [3.63, 3.8) is 0 Å². The first-order valence-corrected chi connectivity index (χ1v) is 9.15. The molecule has 25 heavy (non-hydrogen) atoms. The van der Waals surface area contributed by atoms with Crippen LogP contribution in [0.1, 0.15) is 13.8 Å². The Bertz CT molecular complexity index is 1060. The highest BCUT2D eigenvalue weighted by atomic mass is 32.2. The Kier molecular flexibility index (Phi) is 4.08. The summed E-state index contributed by atoms with van der Waals surface area (Å²) in [4.78, 5) is 4.48. The summed E-state index contributed by atoms with van der Waals surface area (Å²) in [5.41, 5.74) is 7.35. The van der Waals surface area contributed by atoms with Gasteiger partial charge in [-0.3, -0.25) is 0 Å². The largest absolute Gasteiger partial charge is 0.506 e. The zero-order valence-corrected chi connectivity index (χ0v) is 14.9. The number of hydrogen-bond donors (Lipinski definition) is 2. The quantitative estimate of drug-likeness (QED) is 0.546. The molecule has 0 atom stereocenters. The maximum Gasteiger partial charge on any atom is 0.243 e.